The van der Waals surface area contributed by atoms with E-state index in [4.69, 9.17) is 10.5 Å². The van der Waals surface area contributed by atoms with Gasteiger partial charge in [0.1, 0.15) is 6.10 Å². The van der Waals surface area contributed by atoms with Crippen molar-refractivity contribution in [1.82, 2.24) is 4.90 Å². The van der Waals surface area contributed by atoms with E-state index >= 15 is 0 Å². The second kappa shape index (κ2) is 6.17. The molecule has 1 heterocycles. The van der Waals surface area contributed by atoms with Crippen molar-refractivity contribution in [2.24, 2.45) is 11.1 Å². The smallest absolute Gasteiger partial charge is 0.251 e. The molecular weight excluding hydrogens is 216 g/mol. The molecule has 1 amide bonds. The van der Waals surface area contributed by atoms with Crippen molar-refractivity contribution in [3.05, 3.63) is 12.7 Å². The van der Waals surface area contributed by atoms with Crippen molar-refractivity contribution < 1.29 is 9.53 Å². The Morgan fingerprint density at radius 3 is 2.94 bits per heavy atom. The van der Waals surface area contributed by atoms with Crippen LogP contribution >= 0.6 is 0 Å². The maximum Gasteiger partial charge on any atom is 0.251 e. The molecule has 0 bridgehead atoms. The van der Waals surface area contributed by atoms with Crippen LogP contribution in [0.2, 0.25) is 0 Å². The minimum absolute atomic E-state index is 0.0752. The van der Waals surface area contributed by atoms with Crippen LogP contribution in [-0.4, -0.2) is 43.2 Å². The van der Waals surface area contributed by atoms with Crippen LogP contribution in [0.1, 0.15) is 26.7 Å². The second-order valence-electron chi connectivity index (χ2n) is 5.11. The predicted molar refractivity (Wildman–Crippen MR) is 68.6 cm³/mol. The number of ether oxygens (including phenoxy) is 1. The first-order valence-corrected chi connectivity index (χ1v) is 6.24. The zero-order valence-electron chi connectivity index (χ0n) is 10.9. The highest BCUT2D eigenvalue weighted by molar-refractivity contribution is 5.80. The number of nitrogens with two attached hydrogens (primary N) is 1. The van der Waals surface area contributed by atoms with Gasteiger partial charge in [0.2, 0.25) is 0 Å². The van der Waals surface area contributed by atoms with E-state index in [1.807, 2.05) is 11.8 Å². The van der Waals surface area contributed by atoms with Gasteiger partial charge in [0.15, 0.2) is 0 Å². The molecule has 0 aliphatic carbocycles. The maximum absolute atomic E-state index is 12.1. The molecule has 2 atom stereocenters. The van der Waals surface area contributed by atoms with Gasteiger partial charge >= 0.3 is 0 Å². The van der Waals surface area contributed by atoms with Crippen molar-refractivity contribution in [1.29, 1.82) is 0 Å². The molecule has 98 valence electrons. The fourth-order valence-electron chi connectivity index (χ4n) is 2.04. The van der Waals surface area contributed by atoms with Crippen molar-refractivity contribution >= 4 is 5.91 Å². The van der Waals surface area contributed by atoms with Crippen LogP contribution in [0.25, 0.3) is 0 Å². The van der Waals surface area contributed by atoms with Gasteiger partial charge in [-0.3, -0.25) is 4.79 Å². The summed E-state index contributed by atoms with van der Waals surface area (Å²) < 4.78 is 5.46. The van der Waals surface area contributed by atoms with E-state index in [0.29, 0.717) is 13.2 Å². The van der Waals surface area contributed by atoms with E-state index in [1.165, 1.54) is 0 Å². The summed E-state index contributed by atoms with van der Waals surface area (Å²) in [5, 5.41) is 0. The van der Waals surface area contributed by atoms with Crippen molar-refractivity contribution in [2.45, 2.75) is 32.8 Å². The standard InChI is InChI=1S/C13H24N2O2/c1-4-5-8-17-11(2)12(16)15-7-6-13(3,9-14)10-15/h4,11H,1,5-10,14H2,2-3H3. The summed E-state index contributed by atoms with van der Waals surface area (Å²) in [6.45, 7) is 10.3. The van der Waals surface area contributed by atoms with Crippen LogP contribution < -0.4 is 5.73 Å². The Balaban J connectivity index is 2.40. The quantitative estimate of drug-likeness (QED) is 0.560. The van der Waals surface area contributed by atoms with E-state index in [1.54, 1.807) is 6.08 Å². The normalized spacial score (nSPS) is 25.9. The molecule has 4 nitrogen and oxygen atoms in total. The Morgan fingerprint density at radius 2 is 2.41 bits per heavy atom. The van der Waals surface area contributed by atoms with Gasteiger partial charge in [-0.1, -0.05) is 13.0 Å². The molecule has 4 heteroatoms. The molecule has 1 aliphatic heterocycles. The molecule has 1 saturated heterocycles. The predicted octanol–water partition coefficient (Wildman–Crippen LogP) is 1.16. The van der Waals surface area contributed by atoms with Crippen molar-refractivity contribution in [3.63, 3.8) is 0 Å². The summed E-state index contributed by atoms with van der Waals surface area (Å²) in [6.07, 6.45) is 3.18. The number of hydrogen-bond donors (Lipinski definition) is 1. The van der Waals surface area contributed by atoms with E-state index in [-0.39, 0.29) is 17.4 Å². The van der Waals surface area contributed by atoms with Gasteiger partial charge in [0.25, 0.3) is 5.91 Å². The highest BCUT2D eigenvalue weighted by Crippen LogP contribution is 2.28. The average Bonchev–Trinajstić information content (AvgIpc) is 2.72. The number of hydrogen-bond acceptors (Lipinski definition) is 3. The Kier molecular flexibility index (Phi) is 5.15. The lowest BCUT2D eigenvalue weighted by Gasteiger charge is -2.24. The molecule has 2 unspecified atom stereocenters. The van der Waals surface area contributed by atoms with Crippen LogP contribution in [0.3, 0.4) is 0 Å². The largest absolute Gasteiger partial charge is 0.368 e. The highest BCUT2D eigenvalue weighted by Gasteiger charge is 2.36. The SMILES string of the molecule is C=CCCOC(C)C(=O)N1CCC(C)(CN)C1. The van der Waals surface area contributed by atoms with E-state index < -0.39 is 0 Å². The summed E-state index contributed by atoms with van der Waals surface area (Å²) in [6, 6.07) is 0. The molecule has 0 spiro atoms. The fourth-order valence-corrected chi connectivity index (χ4v) is 2.04. The summed E-state index contributed by atoms with van der Waals surface area (Å²) >= 11 is 0. The van der Waals surface area contributed by atoms with Gasteiger partial charge in [-0.2, -0.15) is 0 Å². The minimum Gasteiger partial charge on any atom is -0.368 e. The minimum atomic E-state index is -0.366. The topological polar surface area (TPSA) is 55.6 Å². The summed E-state index contributed by atoms with van der Waals surface area (Å²) in [7, 11) is 0. The first kappa shape index (κ1) is 14.2. The van der Waals surface area contributed by atoms with Crippen LogP contribution in [0.5, 0.6) is 0 Å². The molecule has 1 aliphatic rings. The van der Waals surface area contributed by atoms with Gasteiger partial charge in [-0.15, -0.1) is 6.58 Å². The Morgan fingerprint density at radius 1 is 1.71 bits per heavy atom. The second-order valence-corrected chi connectivity index (χ2v) is 5.11. The van der Waals surface area contributed by atoms with Gasteiger partial charge in [-0.05, 0) is 31.7 Å². The van der Waals surface area contributed by atoms with E-state index in [0.717, 1.165) is 25.9 Å². The summed E-state index contributed by atoms with van der Waals surface area (Å²) in [5.41, 5.74) is 5.80. The third-order valence-corrected chi connectivity index (χ3v) is 3.40. The van der Waals surface area contributed by atoms with E-state index in [2.05, 4.69) is 13.5 Å². The van der Waals surface area contributed by atoms with Crippen molar-refractivity contribution in [3.8, 4) is 0 Å². The lowest BCUT2D eigenvalue weighted by Crippen LogP contribution is -2.40. The molecule has 0 aromatic carbocycles. The molecule has 0 radical (unpaired) electrons. The first-order chi connectivity index (χ1) is 8.02. The number of carbonyl (C=O) groups excluding carboxylic acids is 1. The first-order valence-electron chi connectivity index (χ1n) is 6.24. The van der Waals surface area contributed by atoms with Crippen molar-refractivity contribution in [2.75, 3.05) is 26.2 Å². The molecule has 0 aromatic rings. The number of carbonyl (C=O) groups is 1. The lowest BCUT2D eigenvalue weighted by molar-refractivity contribution is -0.141. The van der Waals surface area contributed by atoms with Crippen LogP contribution in [0.4, 0.5) is 0 Å². The fraction of sp³-hybridized carbons (Fsp3) is 0.769. The van der Waals surface area contributed by atoms with E-state index in [9.17, 15) is 4.79 Å². The molecule has 0 aromatic heterocycles. The molecule has 1 rings (SSSR count). The summed E-state index contributed by atoms with van der Waals surface area (Å²) in [5.74, 6) is 0.0752. The Bertz CT molecular complexity index is 281. The molecular formula is C13H24N2O2. The average molecular weight is 240 g/mol. The molecule has 0 saturated carbocycles. The summed E-state index contributed by atoms with van der Waals surface area (Å²) in [4.78, 5) is 13.9. The zero-order chi connectivity index (χ0) is 12.9. The number of rotatable bonds is 6. The Hall–Kier alpha value is -0.870. The highest BCUT2D eigenvalue weighted by atomic mass is 16.5. The number of amides is 1. The van der Waals surface area contributed by atoms with Gasteiger partial charge in [0.05, 0.1) is 6.61 Å². The zero-order valence-corrected chi connectivity index (χ0v) is 10.9. The van der Waals surface area contributed by atoms with Crippen LogP contribution in [0, 0.1) is 5.41 Å². The number of nitrogens with zero attached hydrogens (tertiary/aromatic N) is 1. The van der Waals surface area contributed by atoms with Crippen LogP contribution in [-0.2, 0) is 9.53 Å². The third-order valence-electron chi connectivity index (χ3n) is 3.40. The van der Waals surface area contributed by atoms with Gasteiger partial charge < -0.3 is 15.4 Å². The number of likely N-dealkylation sites (tertiary alicyclic amines) is 1. The van der Waals surface area contributed by atoms with Gasteiger partial charge in [0, 0.05) is 13.1 Å². The monoisotopic (exact) mass is 240 g/mol. The Labute approximate surface area is 104 Å². The lowest BCUT2D eigenvalue weighted by atomic mass is 9.90. The molecule has 2 N–H and O–H groups in total. The molecule has 17 heavy (non-hydrogen) atoms. The van der Waals surface area contributed by atoms with Crippen LogP contribution in [0.15, 0.2) is 12.7 Å². The van der Waals surface area contributed by atoms with Gasteiger partial charge in [-0.25, -0.2) is 0 Å². The third kappa shape index (κ3) is 3.82. The maximum atomic E-state index is 12.1. The molecule has 1 fully saturated rings.